The third-order valence-electron chi connectivity index (χ3n) is 3.73. The monoisotopic (exact) mass is 305 g/mol. The van der Waals surface area contributed by atoms with Gasteiger partial charge in [-0.3, -0.25) is 0 Å². The standard InChI is InChI=1S/C16H20ClN3O/c1-10-4-7-15(14(17)8-10)21-16-13(9-18-12-5-6-12)11(2)19-20(16)3/h4,7-8,12,18H,5-6,9H2,1-3H3. The van der Waals surface area contributed by atoms with E-state index in [4.69, 9.17) is 16.3 Å². The van der Waals surface area contributed by atoms with Gasteiger partial charge in [0.15, 0.2) is 0 Å². The lowest BCUT2D eigenvalue weighted by atomic mass is 10.2. The molecule has 0 amide bonds. The quantitative estimate of drug-likeness (QED) is 0.914. The number of rotatable bonds is 5. The zero-order valence-electron chi connectivity index (χ0n) is 12.6. The van der Waals surface area contributed by atoms with Crippen LogP contribution >= 0.6 is 11.6 Å². The minimum Gasteiger partial charge on any atom is -0.437 e. The van der Waals surface area contributed by atoms with Crippen molar-refractivity contribution in [1.29, 1.82) is 0 Å². The maximum absolute atomic E-state index is 6.26. The molecule has 1 aromatic carbocycles. The number of nitrogens with zero attached hydrogens (tertiary/aromatic N) is 2. The Kier molecular flexibility index (Phi) is 3.91. The molecule has 0 spiro atoms. The molecule has 3 rings (SSSR count). The minimum absolute atomic E-state index is 0.620. The highest BCUT2D eigenvalue weighted by Crippen LogP contribution is 2.33. The predicted octanol–water partition coefficient (Wildman–Crippen LogP) is 3.73. The van der Waals surface area contributed by atoms with E-state index in [1.54, 1.807) is 4.68 Å². The highest BCUT2D eigenvalue weighted by molar-refractivity contribution is 6.32. The van der Waals surface area contributed by atoms with Crippen LogP contribution in [0.5, 0.6) is 11.6 Å². The van der Waals surface area contributed by atoms with Crippen molar-refractivity contribution in [1.82, 2.24) is 15.1 Å². The van der Waals surface area contributed by atoms with Gasteiger partial charge < -0.3 is 10.1 Å². The maximum Gasteiger partial charge on any atom is 0.222 e. The molecule has 1 N–H and O–H groups in total. The van der Waals surface area contributed by atoms with E-state index in [1.165, 1.54) is 12.8 Å². The number of nitrogens with one attached hydrogen (secondary N) is 1. The van der Waals surface area contributed by atoms with Gasteiger partial charge in [-0.2, -0.15) is 5.10 Å². The van der Waals surface area contributed by atoms with Crippen LogP contribution < -0.4 is 10.1 Å². The highest BCUT2D eigenvalue weighted by Gasteiger charge is 2.23. The van der Waals surface area contributed by atoms with E-state index >= 15 is 0 Å². The van der Waals surface area contributed by atoms with Crippen LogP contribution in [0.3, 0.4) is 0 Å². The van der Waals surface area contributed by atoms with Crippen molar-refractivity contribution >= 4 is 11.6 Å². The van der Waals surface area contributed by atoms with Crippen molar-refractivity contribution in [3.63, 3.8) is 0 Å². The summed E-state index contributed by atoms with van der Waals surface area (Å²) < 4.78 is 7.80. The molecule has 0 saturated heterocycles. The molecule has 21 heavy (non-hydrogen) atoms. The van der Waals surface area contributed by atoms with Crippen molar-refractivity contribution in [3.05, 3.63) is 40.0 Å². The lowest BCUT2D eigenvalue weighted by Crippen LogP contribution is -2.16. The zero-order valence-corrected chi connectivity index (χ0v) is 13.4. The second kappa shape index (κ2) is 5.70. The molecule has 0 unspecified atom stereocenters. The summed E-state index contributed by atoms with van der Waals surface area (Å²) in [5.41, 5.74) is 3.20. The molecule has 0 atom stereocenters. The number of halogens is 1. The lowest BCUT2D eigenvalue weighted by molar-refractivity contribution is 0.424. The van der Waals surface area contributed by atoms with Gasteiger partial charge in [-0.1, -0.05) is 17.7 Å². The normalized spacial score (nSPS) is 14.5. The molecule has 112 valence electrons. The summed E-state index contributed by atoms with van der Waals surface area (Å²) in [6, 6.07) is 6.45. The van der Waals surface area contributed by atoms with E-state index < -0.39 is 0 Å². The second-order valence-corrected chi connectivity index (χ2v) is 6.09. The second-order valence-electron chi connectivity index (χ2n) is 5.68. The topological polar surface area (TPSA) is 39.1 Å². The fourth-order valence-electron chi connectivity index (χ4n) is 2.34. The Morgan fingerprint density at radius 2 is 2.14 bits per heavy atom. The molecule has 1 aromatic heterocycles. The smallest absolute Gasteiger partial charge is 0.222 e. The number of hydrogen-bond acceptors (Lipinski definition) is 3. The molecular weight excluding hydrogens is 286 g/mol. The fraction of sp³-hybridized carbons (Fsp3) is 0.438. The van der Waals surface area contributed by atoms with Gasteiger partial charge in [0.2, 0.25) is 5.88 Å². The first kappa shape index (κ1) is 14.4. The van der Waals surface area contributed by atoms with E-state index in [9.17, 15) is 0 Å². The molecular formula is C16H20ClN3O. The van der Waals surface area contributed by atoms with E-state index in [-0.39, 0.29) is 0 Å². The summed E-state index contributed by atoms with van der Waals surface area (Å²) in [5.74, 6) is 1.42. The number of hydrogen-bond donors (Lipinski definition) is 1. The first-order valence-corrected chi connectivity index (χ1v) is 7.62. The minimum atomic E-state index is 0.620. The molecule has 1 saturated carbocycles. The number of aromatic nitrogens is 2. The third-order valence-corrected chi connectivity index (χ3v) is 4.02. The van der Waals surface area contributed by atoms with Crippen molar-refractivity contribution in [2.45, 2.75) is 39.3 Å². The molecule has 4 nitrogen and oxygen atoms in total. The first-order chi connectivity index (χ1) is 10.0. The van der Waals surface area contributed by atoms with Gasteiger partial charge >= 0.3 is 0 Å². The summed E-state index contributed by atoms with van der Waals surface area (Å²) >= 11 is 6.26. The molecule has 0 radical (unpaired) electrons. The van der Waals surface area contributed by atoms with Crippen molar-refractivity contribution in [2.75, 3.05) is 0 Å². The Labute approximate surface area is 130 Å². The van der Waals surface area contributed by atoms with Crippen LogP contribution in [0.25, 0.3) is 0 Å². The third kappa shape index (κ3) is 3.22. The van der Waals surface area contributed by atoms with Crippen molar-refractivity contribution in [2.24, 2.45) is 7.05 Å². The zero-order chi connectivity index (χ0) is 15.0. The molecule has 1 fully saturated rings. The van der Waals surface area contributed by atoms with Crippen LogP contribution in [0.15, 0.2) is 18.2 Å². The van der Waals surface area contributed by atoms with E-state index in [2.05, 4.69) is 10.4 Å². The predicted molar refractivity (Wildman–Crippen MR) is 84.1 cm³/mol. The van der Waals surface area contributed by atoms with Crippen molar-refractivity contribution in [3.8, 4) is 11.6 Å². The van der Waals surface area contributed by atoms with E-state index in [0.29, 0.717) is 16.8 Å². The van der Waals surface area contributed by atoms with Gasteiger partial charge in [-0.05, 0) is 44.4 Å². The Morgan fingerprint density at radius 1 is 1.38 bits per heavy atom. The summed E-state index contributed by atoms with van der Waals surface area (Å²) in [7, 11) is 1.89. The Hall–Kier alpha value is -1.52. The average Bonchev–Trinajstić information content (AvgIpc) is 3.19. The lowest BCUT2D eigenvalue weighted by Gasteiger charge is -2.11. The maximum atomic E-state index is 6.26. The van der Waals surface area contributed by atoms with Crippen molar-refractivity contribution < 1.29 is 4.74 Å². The Balaban J connectivity index is 1.86. The summed E-state index contributed by atoms with van der Waals surface area (Å²) in [5, 5.41) is 8.59. The summed E-state index contributed by atoms with van der Waals surface area (Å²) in [4.78, 5) is 0. The van der Waals surface area contributed by atoms with Gasteiger partial charge in [-0.15, -0.1) is 0 Å². The van der Waals surface area contributed by atoms with Crippen LogP contribution in [0.4, 0.5) is 0 Å². The fourth-order valence-corrected chi connectivity index (χ4v) is 2.61. The molecule has 1 heterocycles. The molecule has 5 heteroatoms. The number of benzene rings is 1. The van der Waals surface area contributed by atoms with Crippen LogP contribution in [-0.2, 0) is 13.6 Å². The molecule has 0 aliphatic heterocycles. The largest absolute Gasteiger partial charge is 0.437 e. The molecule has 2 aromatic rings. The number of ether oxygens (including phenoxy) is 1. The van der Waals surface area contributed by atoms with Crippen LogP contribution in [0, 0.1) is 13.8 Å². The van der Waals surface area contributed by atoms with Crippen LogP contribution in [0.2, 0.25) is 5.02 Å². The highest BCUT2D eigenvalue weighted by atomic mass is 35.5. The van der Waals surface area contributed by atoms with E-state index in [0.717, 1.165) is 29.2 Å². The molecule has 0 bridgehead atoms. The van der Waals surface area contributed by atoms with Gasteiger partial charge in [0.05, 0.1) is 16.3 Å². The van der Waals surface area contributed by atoms with Gasteiger partial charge in [-0.25, -0.2) is 4.68 Å². The first-order valence-electron chi connectivity index (χ1n) is 7.24. The average molecular weight is 306 g/mol. The van der Waals surface area contributed by atoms with Crippen LogP contribution in [-0.4, -0.2) is 15.8 Å². The number of aryl methyl sites for hydroxylation is 3. The van der Waals surface area contributed by atoms with Gasteiger partial charge in [0.1, 0.15) is 5.75 Å². The van der Waals surface area contributed by atoms with E-state index in [1.807, 2.05) is 39.1 Å². The summed E-state index contributed by atoms with van der Waals surface area (Å²) in [6.07, 6.45) is 2.53. The Morgan fingerprint density at radius 3 is 2.81 bits per heavy atom. The summed E-state index contributed by atoms with van der Waals surface area (Å²) in [6.45, 7) is 4.80. The molecule has 1 aliphatic rings. The Bertz CT molecular complexity index is 662. The van der Waals surface area contributed by atoms with Gasteiger partial charge in [0, 0.05) is 19.6 Å². The van der Waals surface area contributed by atoms with Crippen LogP contribution in [0.1, 0.15) is 29.7 Å². The molecule has 1 aliphatic carbocycles. The van der Waals surface area contributed by atoms with Gasteiger partial charge in [0.25, 0.3) is 0 Å². The SMILES string of the molecule is Cc1ccc(Oc2c(CNC3CC3)c(C)nn2C)c(Cl)c1.